The molecule has 1 saturated heterocycles. The number of rotatable bonds is 1. The number of likely N-dealkylation sites (tertiary alicyclic amines) is 1. The van der Waals surface area contributed by atoms with Crippen LogP contribution in [0.2, 0.25) is 0 Å². The molecule has 1 fully saturated rings. The third kappa shape index (κ3) is 2.72. The van der Waals surface area contributed by atoms with Crippen LogP contribution in [0.15, 0.2) is 16.6 Å². The zero-order valence-electron chi connectivity index (χ0n) is 10.2. The normalized spacial score (nSPS) is 20.0. The summed E-state index contributed by atoms with van der Waals surface area (Å²) < 4.78 is 14.2. The minimum atomic E-state index is -0.358. The Morgan fingerprint density at radius 2 is 2.28 bits per heavy atom. The van der Waals surface area contributed by atoms with E-state index in [-0.39, 0.29) is 17.8 Å². The summed E-state index contributed by atoms with van der Waals surface area (Å²) in [7, 11) is 0. The summed E-state index contributed by atoms with van der Waals surface area (Å²) in [5, 5.41) is 0. The molecule has 2 rings (SSSR count). The fourth-order valence-corrected chi connectivity index (χ4v) is 2.80. The summed E-state index contributed by atoms with van der Waals surface area (Å²) in [6.45, 7) is 2.90. The summed E-state index contributed by atoms with van der Waals surface area (Å²) in [6, 6.07) is 2.95. The maximum atomic E-state index is 13.5. The number of nitrogens with zero attached hydrogens (tertiary/aromatic N) is 1. The molecular formula is C13H16BrFN2O. The third-order valence-electron chi connectivity index (χ3n) is 3.22. The van der Waals surface area contributed by atoms with Gasteiger partial charge in [0.15, 0.2) is 0 Å². The first-order chi connectivity index (χ1) is 8.49. The molecule has 0 unspecified atom stereocenters. The second kappa shape index (κ2) is 5.36. The van der Waals surface area contributed by atoms with E-state index in [4.69, 9.17) is 5.73 Å². The molecule has 0 radical (unpaired) electrons. The molecule has 1 amide bonds. The van der Waals surface area contributed by atoms with Gasteiger partial charge in [0.05, 0.1) is 5.56 Å². The molecule has 1 aliphatic heterocycles. The Morgan fingerprint density at radius 1 is 1.56 bits per heavy atom. The highest BCUT2D eigenvalue weighted by molar-refractivity contribution is 9.10. The van der Waals surface area contributed by atoms with E-state index in [9.17, 15) is 9.18 Å². The van der Waals surface area contributed by atoms with Crippen LogP contribution < -0.4 is 5.73 Å². The quantitative estimate of drug-likeness (QED) is 0.865. The maximum absolute atomic E-state index is 13.5. The smallest absolute Gasteiger partial charge is 0.255 e. The van der Waals surface area contributed by atoms with E-state index in [0.717, 1.165) is 12.8 Å². The average molecular weight is 315 g/mol. The number of halogens is 2. The van der Waals surface area contributed by atoms with E-state index >= 15 is 0 Å². The van der Waals surface area contributed by atoms with Crippen LogP contribution >= 0.6 is 15.9 Å². The molecule has 1 heterocycles. The Kier molecular flexibility index (Phi) is 4.02. The van der Waals surface area contributed by atoms with Crippen LogP contribution in [0.5, 0.6) is 0 Å². The lowest BCUT2D eigenvalue weighted by Gasteiger charge is -2.31. The number of hydrogen-bond donors (Lipinski definition) is 1. The van der Waals surface area contributed by atoms with Crippen molar-refractivity contribution in [3.63, 3.8) is 0 Å². The highest BCUT2D eigenvalue weighted by atomic mass is 79.9. The highest BCUT2D eigenvalue weighted by Gasteiger charge is 2.24. The van der Waals surface area contributed by atoms with Crippen LogP contribution in [-0.4, -0.2) is 29.9 Å². The van der Waals surface area contributed by atoms with Gasteiger partial charge in [0, 0.05) is 23.6 Å². The van der Waals surface area contributed by atoms with Crippen molar-refractivity contribution in [3.8, 4) is 0 Å². The van der Waals surface area contributed by atoms with Gasteiger partial charge in [-0.3, -0.25) is 4.79 Å². The molecular weight excluding hydrogens is 299 g/mol. The van der Waals surface area contributed by atoms with Gasteiger partial charge in [0.1, 0.15) is 5.82 Å². The Hall–Kier alpha value is -0.940. The van der Waals surface area contributed by atoms with Gasteiger partial charge in [-0.2, -0.15) is 0 Å². The Morgan fingerprint density at radius 3 is 2.94 bits per heavy atom. The molecule has 0 spiro atoms. The van der Waals surface area contributed by atoms with Crippen LogP contribution in [0.3, 0.4) is 0 Å². The van der Waals surface area contributed by atoms with Gasteiger partial charge < -0.3 is 10.6 Å². The molecule has 18 heavy (non-hydrogen) atoms. The number of hydrogen-bond acceptors (Lipinski definition) is 2. The average Bonchev–Trinajstić information content (AvgIpc) is 2.33. The lowest BCUT2D eigenvalue weighted by atomic mass is 10.0. The van der Waals surface area contributed by atoms with Crippen molar-refractivity contribution in [2.45, 2.75) is 25.8 Å². The van der Waals surface area contributed by atoms with E-state index < -0.39 is 0 Å². The number of benzene rings is 1. The molecule has 1 aliphatic rings. The molecule has 5 heteroatoms. The fraction of sp³-hybridized carbons (Fsp3) is 0.462. The van der Waals surface area contributed by atoms with Crippen LogP contribution in [0.4, 0.5) is 4.39 Å². The summed E-state index contributed by atoms with van der Waals surface area (Å²) in [5.74, 6) is -0.515. The van der Waals surface area contributed by atoms with Crippen molar-refractivity contribution < 1.29 is 9.18 Å². The van der Waals surface area contributed by atoms with Crippen molar-refractivity contribution in [2.24, 2.45) is 5.73 Å². The van der Waals surface area contributed by atoms with E-state index in [2.05, 4.69) is 15.9 Å². The first-order valence-corrected chi connectivity index (χ1v) is 6.79. The van der Waals surface area contributed by atoms with Gasteiger partial charge in [-0.1, -0.05) is 0 Å². The predicted octanol–water partition coefficient (Wildman–Crippen LogP) is 2.46. The first-order valence-electron chi connectivity index (χ1n) is 5.99. The molecule has 1 atom stereocenters. The number of carbonyl (C=O) groups is 1. The maximum Gasteiger partial charge on any atom is 0.255 e. The Labute approximate surface area is 114 Å². The molecule has 1 aromatic carbocycles. The van der Waals surface area contributed by atoms with Crippen LogP contribution in [0, 0.1) is 12.7 Å². The van der Waals surface area contributed by atoms with E-state index in [1.165, 1.54) is 6.07 Å². The van der Waals surface area contributed by atoms with Gasteiger partial charge in [0.25, 0.3) is 5.91 Å². The third-order valence-corrected chi connectivity index (χ3v) is 3.88. The zero-order chi connectivity index (χ0) is 13.3. The van der Waals surface area contributed by atoms with Crippen LogP contribution in [0.25, 0.3) is 0 Å². The molecule has 0 aromatic heterocycles. The molecule has 1 aromatic rings. The van der Waals surface area contributed by atoms with Gasteiger partial charge >= 0.3 is 0 Å². The monoisotopic (exact) mass is 314 g/mol. The highest BCUT2D eigenvalue weighted by Crippen LogP contribution is 2.23. The molecule has 0 bridgehead atoms. The van der Waals surface area contributed by atoms with Crippen molar-refractivity contribution in [1.82, 2.24) is 4.90 Å². The summed E-state index contributed by atoms with van der Waals surface area (Å²) in [4.78, 5) is 14.0. The Balaban J connectivity index is 2.25. The molecule has 2 N–H and O–H groups in total. The largest absolute Gasteiger partial charge is 0.337 e. The van der Waals surface area contributed by atoms with Crippen molar-refractivity contribution in [2.75, 3.05) is 13.1 Å². The number of nitrogens with two attached hydrogens (primary N) is 1. The minimum absolute atomic E-state index is 0.0248. The van der Waals surface area contributed by atoms with E-state index in [0.29, 0.717) is 28.7 Å². The van der Waals surface area contributed by atoms with E-state index in [1.807, 2.05) is 0 Å². The lowest BCUT2D eigenvalue weighted by molar-refractivity contribution is 0.0707. The second-order valence-corrected chi connectivity index (χ2v) is 5.59. The van der Waals surface area contributed by atoms with Crippen molar-refractivity contribution in [1.29, 1.82) is 0 Å². The van der Waals surface area contributed by atoms with Crippen molar-refractivity contribution >= 4 is 21.8 Å². The molecule has 3 nitrogen and oxygen atoms in total. The SMILES string of the molecule is Cc1cc(Br)c(C(=O)N2CCC[C@H](N)C2)cc1F. The number of amides is 1. The standard InChI is InChI=1S/C13H16BrFN2O/c1-8-5-11(14)10(6-12(8)15)13(18)17-4-2-3-9(16)7-17/h5-6,9H,2-4,7,16H2,1H3/t9-/m0/s1. The molecule has 0 aliphatic carbocycles. The molecule has 0 saturated carbocycles. The predicted molar refractivity (Wildman–Crippen MR) is 71.9 cm³/mol. The van der Waals surface area contributed by atoms with Gasteiger partial charge in [-0.15, -0.1) is 0 Å². The number of carbonyl (C=O) groups excluding carboxylic acids is 1. The van der Waals surface area contributed by atoms with Gasteiger partial charge in [-0.25, -0.2) is 4.39 Å². The van der Waals surface area contributed by atoms with E-state index in [1.54, 1.807) is 17.9 Å². The summed E-state index contributed by atoms with van der Waals surface area (Å²) in [6.07, 6.45) is 1.84. The summed E-state index contributed by atoms with van der Waals surface area (Å²) >= 11 is 3.32. The zero-order valence-corrected chi connectivity index (χ0v) is 11.8. The topological polar surface area (TPSA) is 46.3 Å². The molecule has 98 valence electrons. The van der Waals surface area contributed by atoms with Crippen LogP contribution in [0.1, 0.15) is 28.8 Å². The fourth-order valence-electron chi connectivity index (χ4n) is 2.17. The second-order valence-electron chi connectivity index (χ2n) is 4.73. The Bertz CT molecular complexity index is 478. The number of piperidine rings is 1. The summed E-state index contributed by atoms with van der Waals surface area (Å²) in [5.41, 5.74) is 6.74. The minimum Gasteiger partial charge on any atom is -0.337 e. The lowest BCUT2D eigenvalue weighted by Crippen LogP contribution is -2.45. The van der Waals surface area contributed by atoms with Gasteiger partial charge in [-0.05, 0) is 53.4 Å². The first kappa shape index (κ1) is 13.5. The van der Waals surface area contributed by atoms with Gasteiger partial charge in [0.2, 0.25) is 0 Å². The number of aryl methyl sites for hydroxylation is 1. The van der Waals surface area contributed by atoms with Crippen molar-refractivity contribution in [3.05, 3.63) is 33.5 Å². The van der Waals surface area contributed by atoms with Crippen LogP contribution in [-0.2, 0) is 0 Å².